The highest BCUT2D eigenvalue weighted by Gasteiger charge is 2.44. The van der Waals surface area contributed by atoms with E-state index in [-0.39, 0.29) is 16.0 Å². The molecule has 1 aromatic carbocycles. The molecule has 104 valence electrons. The number of halogens is 3. The first-order chi connectivity index (χ1) is 9.11. The monoisotopic (exact) mass is 330 g/mol. The van der Waals surface area contributed by atoms with E-state index in [4.69, 9.17) is 5.84 Å². The largest absolute Gasteiger partial charge is 0.271 e. The van der Waals surface area contributed by atoms with Gasteiger partial charge >= 0.3 is 0 Å². The standard InChI is InChI=1S/C14H17BrF2N2/c15-10-3-4-11(16)12(13(10)17)14(19-18)9-6-7-1-2-8(9)5-7/h3-4,7-9,14,19H,1-2,5-6,18H2. The highest BCUT2D eigenvalue weighted by atomic mass is 79.9. The van der Waals surface area contributed by atoms with E-state index < -0.39 is 17.7 Å². The molecule has 0 saturated heterocycles. The van der Waals surface area contributed by atoms with Crippen molar-refractivity contribution in [3.63, 3.8) is 0 Å². The highest BCUT2D eigenvalue weighted by Crippen LogP contribution is 2.53. The van der Waals surface area contributed by atoms with Crippen LogP contribution in [0.1, 0.15) is 37.3 Å². The SMILES string of the molecule is NNC(c1c(F)ccc(Br)c1F)C1CC2CCC1C2. The summed E-state index contributed by atoms with van der Waals surface area (Å²) >= 11 is 3.12. The molecule has 0 aliphatic heterocycles. The van der Waals surface area contributed by atoms with E-state index in [1.165, 1.54) is 25.0 Å². The third-order valence-electron chi connectivity index (χ3n) is 4.79. The van der Waals surface area contributed by atoms with Gasteiger partial charge in [-0.25, -0.2) is 8.78 Å². The van der Waals surface area contributed by atoms with Crippen molar-refractivity contribution in [3.8, 4) is 0 Å². The van der Waals surface area contributed by atoms with Gasteiger partial charge in [-0.05, 0) is 65.1 Å². The normalized spacial score (nSPS) is 30.8. The predicted molar refractivity (Wildman–Crippen MR) is 73.1 cm³/mol. The molecule has 3 rings (SSSR count). The Hall–Kier alpha value is -0.520. The van der Waals surface area contributed by atoms with Gasteiger partial charge < -0.3 is 0 Å². The average Bonchev–Trinajstić information content (AvgIpc) is 3.01. The first-order valence-corrected chi connectivity index (χ1v) is 7.50. The van der Waals surface area contributed by atoms with Gasteiger partial charge in [-0.15, -0.1) is 0 Å². The second-order valence-corrected chi connectivity index (χ2v) is 6.59. The van der Waals surface area contributed by atoms with E-state index in [0.717, 1.165) is 12.8 Å². The van der Waals surface area contributed by atoms with Gasteiger partial charge in [0.1, 0.15) is 11.6 Å². The van der Waals surface area contributed by atoms with Crippen LogP contribution < -0.4 is 11.3 Å². The Bertz CT molecular complexity index is 495. The number of hydrazine groups is 1. The van der Waals surface area contributed by atoms with Gasteiger partial charge in [-0.2, -0.15) is 0 Å². The summed E-state index contributed by atoms with van der Waals surface area (Å²) in [4.78, 5) is 0. The summed E-state index contributed by atoms with van der Waals surface area (Å²) in [6.07, 6.45) is 4.61. The van der Waals surface area contributed by atoms with Crippen LogP contribution in [0.15, 0.2) is 16.6 Å². The Morgan fingerprint density at radius 3 is 2.63 bits per heavy atom. The zero-order valence-electron chi connectivity index (χ0n) is 10.5. The second kappa shape index (κ2) is 5.11. The number of hydrogen-bond donors (Lipinski definition) is 2. The third-order valence-corrected chi connectivity index (χ3v) is 5.40. The van der Waals surface area contributed by atoms with Gasteiger partial charge in [0.15, 0.2) is 0 Å². The molecule has 2 saturated carbocycles. The van der Waals surface area contributed by atoms with E-state index in [0.29, 0.717) is 11.8 Å². The van der Waals surface area contributed by atoms with Crippen LogP contribution in [0.2, 0.25) is 0 Å². The molecule has 2 bridgehead atoms. The van der Waals surface area contributed by atoms with Gasteiger partial charge in [-0.3, -0.25) is 11.3 Å². The van der Waals surface area contributed by atoms with Crippen LogP contribution in [0, 0.1) is 29.4 Å². The number of nitrogens with two attached hydrogens (primary N) is 1. The lowest BCUT2D eigenvalue weighted by Crippen LogP contribution is -2.37. The maximum absolute atomic E-state index is 14.2. The summed E-state index contributed by atoms with van der Waals surface area (Å²) in [5, 5.41) is 0. The van der Waals surface area contributed by atoms with Crippen molar-refractivity contribution in [2.75, 3.05) is 0 Å². The molecule has 2 nitrogen and oxygen atoms in total. The minimum absolute atomic E-state index is 0.0782. The molecule has 0 spiro atoms. The van der Waals surface area contributed by atoms with Crippen molar-refractivity contribution in [3.05, 3.63) is 33.8 Å². The molecular weight excluding hydrogens is 314 g/mol. The maximum atomic E-state index is 14.2. The molecule has 1 aromatic rings. The van der Waals surface area contributed by atoms with E-state index in [1.54, 1.807) is 0 Å². The average molecular weight is 331 g/mol. The lowest BCUT2D eigenvalue weighted by atomic mass is 9.80. The number of nitrogens with one attached hydrogen (secondary N) is 1. The third kappa shape index (κ3) is 2.22. The van der Waals surface area contributed by atoms with Crippen molar-refractivity contribution in [1.82, 2.24) is 5.43 Å². The Morgan fingerprint density at radius 2 is 2.05 bits per heavy atom. The fourth-order valence-corrected chi connectivity index (χ4v) is 4.30. The molecule has 0 radical (unpaired) electrons. The Kier molecular flexibility index (Phi) is 3.62. The molecule has 0 heterocycles. The maximum Gasteiger partial charge on any atom is 0.145 e. The molecule has 4 unspecified atom stereocenters. The van der Waals surface area contributed by atoms with E-state index in [9.17, 15) is 8.78 Å². The van der Waals surface area contributed by atoms with Crippen LogP contribution in [0.25, 0.3) is 0 Å². The fourth-order valence-electron chi connectivity index (χ4n) is 3.95. The molecule has 2 aliphatic rings. The summed E-state index contributed by atoms with van der Waals surface area (Å²) in [5.74, 6) is 6.04. The zero-order valence-corrected chi connectivity index (χ0v) is 12.1. The molecule has 0 amide bonds. The van der Waals surface area contributed by atoms with Gasteiger partial charge in [0, 0.05) is 5.56 Å². The molecule has 3 N–H and O–H groups in total. The van der Waals surface area contributed by atoms with Gasteiger partial charge in [0.25, 0.3) is 0 Å². The van der Waals surface area contributed by atoms with Crippen molar-refractivity contribution >= 4 is 15.9 Å². The smallest absolute Gasteiger partial charge is 0.145 e. The van der Waals surface area contributed by atoms with Crippen LogP contribution in [0.3, 0.4) is 0 Å². The highest BCUT2D eigenvalue weighted by molar-refractivity contribution is 9.10. The molecule has 2 aliphatic carbocycles. The van der Waals surface area contributed by atoms with E-state index in [1.807, 2.05) is 0 Å². The van der Waals surface area contributed by atoms with Crippen LogP contribution >= 0.6 is 15.9 Å². The minimum atomic E-state index is -0.536. The van der Waals surface area contributed by atoms with Crippen LogP contribution in [-0.2, 0) is 0 Å². The number of rotatable bonds is 3. The summed E-state index contributed by atoms with van der Waals surface area (Å²) in [6, 6.07) is 2.25. The van der Waals surface area contributed by atoms with Gasteiger partial charge in [0.2, 0.25) is 0 Å². The molecule has 5 heteroatoms. The quantitative estimate of drug-likeness (QED) is 0.504. The first-order valence-electron chi connectivity index (χ1n) is 6.71. The van der Waals surface area contributed by atoms with Crippen molar-refractivity contribution in [2.24, 2.45) is 23.6 Å². The Balaban J connectivity index is 1.97. The van der Waals surface area contributed by atoms with E-state index in [2.05, 4.69) is 21.4 Å². The van der Waals surface area contributed by atoms with Crippen LogP contribution in [0.4, 0.5) is 8.78 Å². The fraction of sp³-hybridized carbons (Fsp3) is 0.571. The molecule has 0 aromatic heterocycles. The van der Waals surface area contributed by atoms with Crippen molar-refractivity contribution < 1.29 is 8.78 Å². The number of fused-ring (bicyclic) bond motifs is 2. The van der Waals surface area contributed by atoms with Crippen molar-refractivity contribution in [1.29, 1.82) is 0 Å². The molecule has 2 fully saturated rings. The summed E-state index contributed by atoms with van der Waals surface area (Å²) in [7, 11) is 0. The minimum Gasteiger partial charge on any atom is -0.271 e. The topological polar surface area (TPSA) is 38.0 Å². The second-order valence-electron chi connectivity index (χ2n) is 5.74. The first kappa shape index (κ1) is 13.5. The zero-order chi connectivity index (χ0) is 13.6. The van der Waals surface area contributed by atoms with Crippen LogP contribution in [0.5, 0.6) is 0 Å². The van der Waals surface area contributed by atoms with Crippen LogP contribution in [-0.4, -0.2) is 0 Å². The lowest BCUT2D eigenvalue weighted by molar-refractivity contribution is 0.243. The van der Waals surface area contributed by atoms with Gasteiger partial charge in [-0.1, -0.05) is 6.42 Å². The number of hydrogen-bond acceptors (Lipinski definition) is 2. The van der Waals surface area contributed by atoms with E-state index >= 15 is 0 Å². The molecular formula is C14H17BrF2N2. The predicted octanol–water partition coefficient (Wildman–Crippen LogP) is 3.67. The lowest BCUT2D eigenvalue weighted by Gasteiger charge is -2.30. The Labute approximate surface area is 119 Å². The summed E-state index contributed by atoms with van der Waals surface area (Å²) in [5.41, 5.74) is 2.73. The Morgan fingerprint density at radius 1 is 1.26 bits per heavy atom. The molecule has 19 heavy (non-hydrogen) atoms. The van der Waals surface area contributed by atoms with Gasteiger partial charge in [0.05, 0.1) is 10.5 Å². The summed E-state index contributed by atoms with van der Waals surface area (Å²) in [6.45, 7) is 0. The molecule has 4 atom stereocenters. The van der Waals surface area contributed by atoms with Crippen molar-refractivity contribution in [2.45, 2.75) is 31.7 Å². The summed E-state index contributed by atoms with van der Waals surface area (Å²) < 4.78 is 28.5. The number of benzene rings is 1.